The van der Waals surface area contributed by atoms with Crippen molar-refractivity contribution in [2.75, 3.05) is 9.80 Å². The van der Waals surface area contributed by atoms with Gasteiger partial charge in [0.15, 0.2) is 32.3 Å². The lowest BCUT2D eigenvalue weighted by atomic mass is 10.00. The number of nitrogens with zero attached hydrogens (tertiary/aromatic N) is 2. The summed E-state index contributed by atoms with van der Waals surface area (Å²) < 4.78 is 9.32. The summed E-state index contributed by atoms with van der Waals surface area (Å²) in [6.07, 6.45) is 0. The van der Waals surface area contributed by atoms with E-state index in [2.05, 4.69) is 532 Å². The lowest BCUT2D eigenvalue weighted by Gasteiger charge is -2.51. The van der Waals surface area contributed by atoms with E-state index >= 15 is 0 Å². The first-order valence-corrected chi connectivity index (χ1v) is 57.9. The molecule has 0 N–H and O–H groups in total. The second kappa shape index (κ2) is 33.2. The van der Waals surface area contributed by atoms with Crippen LogP contribution in [0.2, 0.25) is 0 Å². The first kappa shape index (κ1) is 82.0. The number of rotatable bonds is 12. The van der Waals surface area contributed by atoms with Gasteiger partial charge in [-0.3, -0.25) is 0 Å². The Balaban J connectivity index is 0.000000139. The van der Waals surface area contributed by atoms with Gasteiger partial charge in [0.1, 0.15) is 11.2 Å². The summed E-state index contributed by atoms with van der Waals surface area (Å²) >= 11 is 5.77. The van der Waals surface area contributed by atoms with Crippen LogP contribution >= 0.6 is 34.9 Å². The van der Waals surface area contributed by atoms with Crippen molar-refractivity contribution in [3.63, 3.8) is 0 Å². The zero-order chi connectivity index (χ0) is 91.0. The molecular formula is C128H86N2OS3Si4. The van der Waals surface area contributed by atoms with Gasteiger partial charge in [0, 0.05) is 63.2 Å². The van der Waals surface area contributed by atoms with Gasteiger partial charge in [0.2, 0.25) is 0 Å². The summed E-state index contributed by atoms with van der Waals surface area (Å²) in [5.41, 5.74) is 13.5. The fourth-order valence-corrected chi connectivity index (χ4v) is 54.4. The van der Waals surface area contributed by atoms with Crippen molar-refractivity contribution in [2.24, 2.45) is 0 Å². The zero-order valence-electron chi connectivity index (χ0n) is 75.2. The molecule has 28 rings (SSSR count). The third-order valence-electron chi connectivity index (χ3n) is 29.7. The van der Waals surface area contributed by atoms with E-state index in [1.807, 2.05) is 34.9 Å². The maximum atomic E-state index is 6.73. The molecule has 0 unspecified atom stereocenters. The smallest absolute Gasteiger partial charge is 0.181 e. The van der Waals surface area contributed by atoms with Gasteiger partial charge < -0.3 is 14.2 Å². The topological polar surface area (TPSA) is 19.6 Å². The van der Waals surface area contributed by atoms with E-state index < -0.39 is 32.3 Å². The number of hydrogen-bond acceptors (Lipinski definition) is 6. The molecule has 2 aromatic heterocycles. The quantitative estimate of drug-likeness (QED) is 0.0894. The third kappa shape index (κ3) is 12.3. The normalized spacial score (nSPS) is 14.0. The maximum absolute atomic E-state index is 6.73. The van der Waals surface area contributed by atoms with Crippen LogP contribution in [0.25, 0.3) is 85.9 Å². The molecule has 2 spiro atoms. The summed E-state index contributed by atoms with van der Waals surface area (Å²) in [6, 6.07) is 198. The Bertz CT molecular complexity index is 8770. The van der Waals surface area contributed by atoms with Gasteiger partial charge in [-0.05, 0) is 218 Å². The zero-order valence-corrected chi connectivity index (χ0v) is 81.6. The number of benzene rings is 22. The molecule has 0 atom stereocenters. The maximum Gasteiger partial charge on any atom is 0.181 e. The van der Waals surface area contributed by atoms with Crippen LogP contribution in [0.15, 0.2) is 546 Å². The molecule has 0 bridgehead atoms. The van der Waals surface area contributed by atoms with E-state index in [1.54, 1.807) is 0 Å². The van der Waals surface area contributed by atoms with Gasteiger partial charge in [-0.25, -0.2) is 0 Å². The molecule has 648 valence electrons. The van der Waals surface area contributed by atoms with Crippen molar-refractivity contribution >= 4 is 248 Å². The van der Waals surface area contributed by atoms with E-state index in [9.17, 15) is 0 Å². The van der Waals surface area contributed by atoms with E-state index in [-0.39, 0.29) is 0 Å². The highest BCUT2D eigenvalue weighted by Crippen LogP contribution is 2.49. The van der Waals surface area contributed by atoms with Crippen LogP contribution < -0.4 is 92.8 Å². The largest absolute Gasteiger partial charge is 0.456 e. The molecule has 10 heteroatoms. The minimum Gasteiger partial charge on any atom is -0.456 e. The summed E-state index contributed by atoms with van der Waals surface area (Å²) in [5.74, 6) is 0. The van der Waals surface area contributed by atoms with E-state index in [0.29, 0.717) is 0 Å². The van der Waals surface area contributed by atoms with Gasteiger partial charge in [-0.15, -0.1) is 11.3 Å². The number of para-hydroxylation sites is 1. The van der Waals surface area contributed by atoms with Crippen LogP contribution in [0.4, 0.5) is 34.1 Å². The summed E-state index contributed by atoms with van der Waals surface area (Å²) in [7, 11) is -12.6. The molecule has 22 aromatic carbocycles. The van der Waals surface area contributed by atoms with Gasteiger partial charge in [0.05, 0.1) is 21.5 Å². The summed E-state index contributed by atoms with van der Waals surface area (Å²) in [5, 5.41) is 33.0. The van der Waals surface area contributed by atoms with Gasteiger partial charge in [-0.1, -0.05) is 454 Å². The highest BCUT2D eigenvalue weighted by atomic mass is 32.2. The Morgan fingerprint density at radius 3 is 1.04 bits per heavy atom. The number of furan rings is 1. The fraction of sp³-hybridized carbons (Fsp3) is 0. The molecule has 0 aliphatic carbocycles. The van der Waals surface area contributed by atoms with Crippen LogP contribution in [0.3, 0.4) is 0 Å². The van der Waals surface area contributed by atoms with E-state index in [0.717, 1.165) is 39.0 Å². The lowest BCUT2D eigenvalue weighted by molar-refractivity contribution is 0.669. The molecule has 0 fully saturated rings. The van der Waals surface area contributed by atoms with Crippen molar-refractivity contribution in [1.82, 2.24) is 0 Å². The molecule has 6 heterocycles. The highest BCUT2D eigenvalue weighted by molar-refractivity contribution is 8.00. The molecule has 138 heavy (non-hydrogen) atoms. The average Bonchev–Trinajstić information content (AvgIpc) is 0.743. The summed E-state index contributed by atoms with van der Waals surface area (Å²) in [6.45, 7) is 0. The molecule has 0 saturated heterocycles. The molecular weight excluding hydrogens is 1790 g/mol. The van der Waals surface area contributed by atoms with Crippen LogP contribution in [-0.4, -0.2) is 32.3 Å². The number of hydrogen-bond donors (Lipinski definition) is 0. The van der Waals surface area contributed by atoms with Crippen LogP contribution in [-0.2, 0) is 0 Å². The third-order valence-corrected chi connectivity index (χ3v) is 54.7. The highest BCUT2D eigenvalue weighted by Gasteiger charge is 2.62. The average molecular weight is 1880 g/mol. The predicted octanol–water partition coefficient (Wildman–Crippen LogP) is 23.3. The second-order valence-corrected chi connectivity index (χ2v) is 54.4. The second-order valence-electron chi connectivity index (χ2n) is 36.5. The molecule has 24 aromatic rings. The number of fused-ring (bicyclic) bond motifs is 25. The van der Waals surface area contributed by atoms with Crippen LogP contribution in [0.5, 0.6) is 0 Å². The minimum absolute atomic E-state index is 0.867. The lowest BCUT2D eigenvalue weighted by Crippen LogP contribution is -2.94. The van der Waals surface area contributed by atoms with Gasteiger partial charge >= 0.3 is 0 Å². The number of thiophene rings is 1. The first-order valence-electron chi connectivity index (χ1n) is 47.5. The SMILES string of the molecule is c1ccc(-c2ccc(-c3ccc(N(c4cccc5c4[Si](c4ccccc4)(c4ccccc4)c4ccccc4[Si]54c5ccccc5Sc5ccccc54)c4cccc5oc6ccccc6c45)cc3)cc2)cc1.c1ccc([Si]2(c3ccccc3)c3ccccc3[Si]3(c4ccccc4Sc4ccccc43)c3cccc(N(c4ccc5c(ccc6ccccc65)c4)c4cccc5c4sc4ccccc45)c32)cc1. The van der Waals surface area contributed by atoms with Crippen molar-refractivity contribution in [2.45, 2.75) is 19.6 Å². The van der Waals surface area contributed by atoms with Crippen LogP contribution in [0, 0.1) is 0 Å². The van der Waals surface area contributed by atoms with Crippen molar-refractivity contribution in [3.05, 3.63) is 522 Å². The molecule has 4 aliphatic heterocycles. The van der Waals surface area contributed by atoms with Gasteiger partial charge in [-0.2, -0.15) is 0 Å². The van der Waals surface area contributed by atoms with E-state index in [4.69, 9.17) is 4.42 Å². The predicted molar refractivity (Wildman–Crippen MR) is 598 cm³/mol. The Morgan fingerprint density at radius 2 is 0.529 bits per heavy atom. The standard InChI is InChI=1S/C66H45NOSSi2.C62H41NS2Si2/c1-4-20-46(21-5-1)47-38-40-48(41-39-47)49-42-44-50(45-43-49)67(54-27-18-30-57-65(54)53-26-10-11-29-56(53)68-57)55-28-19-37-64-66(55)70(51-22-6-2-7-23-51,52-24-8-3-9-25-52)62-35-16-17-36-63(62)71(64)60-33-14-12-31-58(60)69-59-32-13-15-34-61(59)71;1-3-20-45(21-4-1)66(46-22-5-2-6-23-46)58-34-15-16-35-59(58)67(56-32-13-11-30-54(56)64-55-31-12-14-33-57(55)67)60-36-18-28-52(62(60)66)63(51-27-17-26-50-49-25-9-10-29-53(49)65-61(50)51)44-39-40-48-43(41-44)38-37-42-19-7-8-24-47(42)48/h1-45H;1-41H. The van der Waals surface area contributed by atoms with E-state index in [1.165, 1.54) is 184 Å². The first-order chi connectivity index (χ1) is 68.5. The van der Waals surface area contributed by atoms with Crippen molar-refractivity contribution in [3.8, 4) is 22.3 Å². The molecule has 0 radical (unpaired) electrons. The van der Waals surface area contributed by atoms with Crippen LogP contribution in [0.1, 0.15) is 0 Å². The summed E-state index contributed by atoms with van der Waals surface area (Å²) in [4.78, 5) is 10.7. The Kier molecular flexibility index (Phi) is 19.8. The van der Waals surface area contributed by atoms with Crippen molar-refractivity contribution < 1.29 is 4.42 Å². The monoisotopic (exact) mass is 1870 g/mol. The number of anilines is 6. The molecule has 0 amide bonds. The fourth-order valence-electron chi connectivity index (χ4n) is 24.2. The molecule has 3 nitrogen and oxygen atoms in total. The molecule has 4 aliphatic rings. The van der Waals surface area contributed by atoms with Crippen molar-refractivity contribution in [1.29, 1.82) is 0 Å². The molecule has 0 saturated carbocycles. The Hall–Kier alpha value is -15.5. The van der Waals surface area contributed by atoms with Gasteiger partial charge in [0.25, 0.3) is 0 Å². The minimum atomic E-state index is -3.24. The Labute approximate surface area is 818 Å². The Morgan fingerprint density at radius 1 is 0.196 bits per heavy atom.